The number of phenolic OH excluding ortho intramolecular Hbond substituents is 2. The highest BCUT2D eigenvalue weighted by atomic mass is 16.5. The number of ketones is 1. The van der Waals surface area contributed by atoms with Gasteiger partial charge in [0, 0.05) is 11.1 Å². The van der Waals surface area contributed by atoms with Crippen LogP contribution >= 0.6 is 0 Å². The first-order valence-corrected chi connectivity index (χ1v) is 5.68. The van der Waals surface area contributed by atoms with E-state index in [1.54, 1.807) is 6.92 Å². The zero-order valence-corrected chi connectivity index (χ0v) is 11.1. The average molecular weight is 264 g/mol. The molecule has 0 aliphatic carbocycles. The number of carbonyl (C=O) groups is 2. The number of allylic oxidation sites excluding steroid dienone is 1. The van der Waals surface area contributed by atoms with E-state index in [0.29, 0.717) is 5.57 Å². The SMILES string of the molecule is COC(=O)/C(C)=C/Cc1c(O)ccc(C(C)=O)c1O. The van der Waals surface area contributed by atoms with E-state index in [4.69, 9.17) is 0 Å². The van der Waals surface area contributed by atoms with Gasteiger partial charge < -0.3 is 14.9 Å². The molecule has 0 aromatic heterocycles. The van der Waals surface area contributed by atoms with E-state index < -0.39 is 5.97 Å². The summed E-state index contributed by atoms with van der Waals surface area (Å²) < 4.78 is 4.54. The molecule has 1 rings (SSSR count). The lowest BCUT2D eigenvalue weighted by atomic mass is 10.0. The minimum Gasteiger partial charge on any atom is -0.508 e. The van der Waals surface area contributed by atoms with E-state index >= 15 is 0 Å². The quantitative estimate of drug-likeness (QED) is 0.493. The third-order valence-electron chi connectivity index (χ3n) is 2.76. The lowest BCUT2D eigenvalue weighted by Crippen LogP contribution is -2.02. The van der Waals surface area contributed by atoms with Crippen molar-refractivity contribution in [3.63, 3.8) is 0 Å². The molecule has 0 aliphatic heterocycles. The second-order valence-electron chi connectivity index (χ2n) is 4.10. The molecule has 0 fully saturated rings. The molecular weight excluding hydrogens is 248 g/mol. The molecule has 5 nitrogen and oxygen atoms in total. The Morgan fingerprint density at radius 2 is 1.89 bits per heavy atom. The molecule has 0 amide bonds. The zero-order chi connectivity index (χ0) is 14.6. The van der Waals surface area contributed by atoms with Crippen molar-refractivity contribution in [3.05, 3.63) is 34.9 Å². The Labute approximate surface area is 111 Å². The molecule has 0 radical (unpaired) electrons. The topological polar surface area (TPSA) is 83.8 Å². The molecule has 0 unspecified atom stereocenters. The van der Waals surface area contributed by atoms with Crippen LogP contribution in [-0.2, 0) is 16.0 Å². The fraction of sp³-hybridized carbons (Fsp3) is 0.286. The van der Waals surface area contributed by atoms with E-state index in [9.17, 15) is 19.8 Å². The van der Waals surface area contributed by atoms with Crippen molar-refractivity contribution in [2.45, 2.75) is 20.3 Å². The van der Waals surface area contributed by atoms with Crippen LogP contribution in [0.25, 0.3) is 0 Å². The Morgan fingerprint density at radius 3 is 2.42 bits per heavy atom. The highest BCUT2D eigenvalue weighted by Crippen LogP contribution is 2.31. The fourth-order valence-electron chi connectivity index (χ4n) is 1.61. The lowest BCUT2D eigenvalue weighted by molar-refractivity contribution is -0.136. The van der Waals surface area contributed by atoms with Gasteiger partial charge in [0.1, 0.15) is 11.5 Å². The summed E-state index contributed by atoms with van der Waals surface area (Å²) in [7, 11) is 1.27. The zero-order valence-electron chi connectivity index (χ0n) is 11.1. The van der Waals surface area contributed by atoms with Gasteiger partial charge in [0.2, 0.25) is 0 Å². The van der Waals surface area contributed by atoms with Crippen molar-refractivity contribution < 1.29 is 24.5 Å². The number of Topliss-reactive ketones (excluding diaryl/α,β-unsaturated/α-hetero) is 1. The number of phenols is 2. The van der Waals surface area contributed by atoms with Crippen LogP contribution in [0.1, 0.15) is 29.8 Å². The normalized spacial score (nSPS) is 11.2. The smallest absolute Gasteiger partial charge is 0.333 e. The Balaban J connectivity index is 3.11. The predicted molar refractivity (Wildman–Crippen MR) is 69.3 cm³/mol. The summed E-state index contributed by atoms with van der Waals surface area (Å²) in [5.74, 6) is -1.17. The van der Waals surface area contributed by atoms with E-state index in [0.717, 1.165) is 0 Å². The maximum atomic E-state index is 11.3. The second-order valence-corrected chi connectivity index (χ2v) is 4.10. The molecule has 0 saturated heterocycles. The van der Waals surface area contributed by atoms with Crippen LogP contribution in [0.15, 0.2) is 23.8 Å². The van der Waals surface area contributed by atoms with Crippen LogP contribution < -0.4 is 0 Å². The molecule has 2 N–H and O–H groups in total. The van der Waals surface area contributed by atoms with E-state index in [1.807, 2.05) is 0 Å². The highest BCUT2D eigenvalue weighted by molar-refractivity contribution is 5.97. The molecule has 5 heteroatoms. The van der Waals surface area contributed by atoms with E-state index in [2.05, 4.69) is 4.74 Å². The number of aromatic hydroxyl groups is 2. The molecule has 0 spiro atoms. The first-order valence-electron chi connectivity index (χ1n) is 5.68. The standard InChI is InChI=1S/C14H16O5/c1-8(14(18)19-3)4-5-11-12(16)7-6-10(9(2)15)13(11)17/h4,6-7,16-17H,5H2,1-3H3/b8-4+. The molecule has 0 aliphatic rings. The summed E-state index contributed by atoms with van der Waals surface area (Å²) in [6, 6.07) is 2.69. The molecular formula is C14H16O5. The summed E-state index contributed by atoms with van der Waals surface area (Å²) >= 11 is 0. The van der Waals surface area contributed by atoms with Crippen LogP contribution in [-0.4, -0.2) is 29.1 Å². The monoisotopic (exact) mass is 264 g/mol. The van der Waals surface area contributed by atoms with Crippen LogP contribution in [0.4, 0.5) is 0 Å². The van der Waals surface area contributed by atoms with Crippen LogP contribution in [0.5, 0.6) is 11.5 Å². The van der Waals surface area contributed by atoms with Gasteiger partial charge in [-0.3, -0.25) is 4.79 Å². The van der Waals surface area contributed by atoms with Crippen LogP contribution in [0, 0.1) is 0 Å². The molecule has 0 bridgehead atoms. The Morgan fingerprint density at radius 1 is 1.26 bits per heavy atom. The summed E-state index contributed by atoms with van der Waals surface area (Å²) in [6.45, 7) is 2.89. The minimum atomic E-state index is -0.485. The number of benzene rings is 1. The summed E-state index contributed by atoms with van der Waals surface area (Å²) in [4.78, 5) is 22.5. The van der Waals surface area contributed by atoms with Gasteiger partial charge in [-0.15, -0.1) is 0 Å². The van der Waals surface area contributed by atoms with Gasteiger partial charge in [-0.05, 0) is 32.4 Å². The third kappa shape index (κ3) is 3.34. The molecule has 0 saturated carbocycles. The Bertz CT molecular complexity index is 543. The third-order valence-corrected chi connectivity index (χ3v) is 2.76. The maximum Gasteiger partial charge on any atom is 0.333 e. The number of hydrogen-bond donors (Lipinski definition) is 2. The van der Waals surface area contributed by atoms with Crippen molar-refractivity contribution in [2.24, 2.45) is 0 Å². The van der Waals surface area contributed by atoms with Gasteiger partial charge in [0.25, 0.3) is 0 Å². The first kappa shape index (κ1) is 14.8. The van der Waals surface area contributed by atoms with Gasteiger partial charge >= 0.3 is 5.97 Å². The van der Waals surface area contributed by atoms with Crippen molar-refractivity contribution in [2.75, 3.05) is 7.11 Å². The van der Waals surface area contributed by atoms with Gasteiger partial charge in [-0.25, -0.2) is 4.79 Å². The van der Waals surface area contributed by atoms with Crippen molar-refractivity contribution in [3.8, 4) is 11.5 Å². The Kier molecular flexibility index (Phi) is 4.69. The largest absolute Gasteiger partial charge is 0.508 e. The number of methoxy groups -OCH3 is 1. The van der Waals surface area contributed by atoms with Crippen LogP contribution in [0.2, 0.25) is 0 Å². The van der Waals surface area contributed by atoms with E-state index in [-0.39, 0.29) is 34.8 Å². The lowest BCUT2D eigenvalue weighted by Gasteiger charge is -2.09. The fourth-order valence-corrected chi connectivity index (χ4v) is 1.61. The molecule has 1 aromatic rings. The summed E-state index contributed by atoms with van der Waals surface area (Å²) in [6.07, 6.45) is 1.64. The van der Waals surface area contributed by atoms with Gasteiger partial charge in [-0.2, -0.15) is 0 Å². The number of carbonyl (C=O) groups excluding carboxylic acids is 2. The van der Waals surface area contributed by atoms with Crippen molar-refractivity contribution in [1.29, 1.82) is 0 Å². The number of esters is 1. The first-order chi connectivity index (χ1) is 8.88. The van der Waals surface area contributed by atoms with Gasteiger partial charge in [0.05, 0.1) is 12.7 Å². The van der Waals surface area contributed by atoms with Crippen molar-refractivity contribution >= 4 is 11.8 Å². The molecule has 0 atom stereocenters. The second kappa shape index (κ2) is 6.04. The summed E-state index contributed by atoms with van der Waals surface area (Å²) in [5.41, 5.74) is 0.697. The molecule has 19 heavy (non-hydrogen) atoms. The highest BCUT2D eigenvalue weighted by Gasteiger charge is 2.14. The molecule has 1 aromatic carbocycles. The number of ether oxygens (including phenoxy) is 1. The predicted octanol–water partition coefficient (Wildman–Crippen LogP) is 1.96. The molecule has 102 valence electrons. The van der Waals surface area contributed by atoms with Gasteiger partial charge in [0.15, 0.2) is 5.78 Å². The summed E-state index contributed by atoms with van der Waals surface area (Å²) in [5, 5.41) is 19.6. The minimum absolute atomic E-state index is 0.125. The molecule has 0 heterocycles. The van der Waals surface area contributed by atoms with E-state index in [1.165, 1.54) is 32.2 Å². The van der Waals surface area contributed by atoms with Crippen LogP contribution in [0.3, 0.4) is 0 Å². The van der Waals surface area contributed by atoms with Gasteiger partial charge in [-0.1, -0.05) is 6.08 Å². The number of rotatable bonds is 4. The van der Waals surface area contributed by atoms with Crippen molar-refractivity contribution in [1.82, 2.24) is 0 Å². The maximum absolute atomic E-state index is 11.3. The Hall–Kier alpha value is -2.30. The number of hydrogen-bond acceptors (Lipinski definition) is 5. The average Bonchev–Trinajstić information content (AvgIpc) is 2.36.